The maximum Gasteiger partial charge on any atom is 0.338 e. The molecule has 0 atom stereocenters. The molecule has 1 saturated heterocycles. The van der Waals surface area contributed by atoms with Crippen LogP contribution < -0.4 is 4.90 Å². The molecule has 0 N–H and O–H groups in total. The SMILES string of the molecule is COCCN1C(=O)/C(=C\c2cc(-c3ccccc3)n(-c3ccc(Cl)cc3)c2-c2ccccc2)C(=O)N(c2ccccc2)C1=O. The van der Waals surface area contributed by atoms with Crippen LogP contribution in [0.1, 0.15) is 5.56 Å². The third kappa shape index (κ3) is 5.46. The van der Waals surface area contributed by atoms with Crippen molar-refractivity contribution >= 4 is 41.2 Å². The number of hydrogen-bond donors (Lipinski definition) is 0. The van der Waals surface area contributed by atoms with Crippen molar-refractivity contribution in [2.45, 2.75) is 0 Å². The smallest absolute Gasteiger partial charge is 0.338 e. The van der Waals surface area contributed by atoms with Crippen molar-refractivity contribution < 1.29 is 19.1 Å². The Balaban J connectivity index is 1.61. The van der Waals surface area contributed by atoms with E-state index in [0.717, 1.165) is 38.0 Å². The Morgan fingerprint density at radius 3 is 1.91 bits per heavy atom. The van der Waals surface area contributed by atoms with E-state index in [9.17, 15) is 14.4 Å². The number of benzene rings is 4. The van der Waals surface area contributed by atoms with Gasteiger partial charge in [-0.1, -0.05) is 90.5 Å². The number of carbonyl (C=O) groups excluding carboxylic acids is 3. The number of anilines is 1. The van der Waals surface area contributed by atoms with Gasteiger partial charge in [-0.05, 0) is 59.7 Å². The molecule has 0 saturated carbocycles. The van der Waals surface area contributed by atoms with E-state index in [0.29, 0.717) is 16.3 Å². The van der Waals surface area contributed by atoms with Crippen LogP contribution in [-0.4, -0.2) is 47.6 Å². The molecule has 0 aliphatic carbocycles. The van der Waals surface area contributed by atoms with Crippen LogP contribution in [0.2, 0.25) is 5.02 Å². The fourth-order valence-corrected chi connectivity index (χ4v) is 5.45. The topological polar surface area (TPSA) is 71.8 Å². The molecule has 0 unspecified atom stereocenters. The van der Waals surface area contributed by atoms with Crippen LogP contribution in [0.3, 0.4) is 0 Å². The van der Waals surface area contributed by atoms with E-state index >= 15 is 0 Å². The number of hydrogen-bond acceptors (Lipinski definition) is 4. The van der Waals surface area contributed by atoms with Gasteiger partial charge in [0.2, 0.25) is 0 Å². The minimum atomic E-state index is -0.715. The minimum Gasteiger partial charge on any atom is -0.383 e. The number of rotatable bonds is 8. The standard InChI is InChI=1S/C36H28ClN3O4/c1-44-22-21-38-34(41)31(35(42)40(36(38)43)29-15-9-4-10-16-29)23-27-24-32(25-11-5-2-6-12-25)39(30-19-17-28(37)18-20-30)33(27)26-13-7-3-8-14-26/h2-20,23-24H,21-22H2,1H3/b31-23+. The van der Waals surface area contributed by atoms with Crippen molar-refractivity contribution in [3.63, 3.8) is 0 Å². The van der Waals surface area contributed by atoms with Crippen LogP contribution in [0.15, 0.2) is 127 Å². The molecule has 4 aromatic carbocycles. The fraction of sp³-hybridized carbons (Fsp3) is 0.0833. The summed E-state index contributed by atoms with van der Waals surface area (Å²) in [4.78, 5) is 43.5. The number of imide groups is 2. The number of urea groups is 1. The number of carbonyl (C=O) groups is 3. The summed E-state index contributed by atoms with van der Waals surface area (Å²) in [6, 6.07) is 37.0. The van der Waals surface area contributed by atoms with Gasteiger partial charge in [-0.2, -0.15) is 0 Å². The van der Waals surface area contributed by atoms with Crippen LogP contribution in [0, 0.1) is 0 Å². The Hall–Kier alpha value is -5.24. The Morgan fingerprint density at radius 1 is 0.705 bits per heavy atom. The first-order chi connectivity index (χ1) is 21.5. The molecule has 44 heavy (non-hydrogen) atoms. The van der Waals surface area contributed by atoms with Gasteiger partial charge in [0.25, 0.3) is 11.8 Å². The van der Waals surface area contributed by atoms with Crippen molar-refractivity contribution in [1.29, 1.82) is 0 Å². The van der Waals surface area contributed by atoms with Crippen molar-refractivity contribution in [1.82, 2.24) is 9.47 Å². The Labute approximate surface area is 260 Å². The van der Waals surface area contributed by atoms with Crippen molar-refractivity contribution in [3.05, 3.63) is 137 Å². The molecule has 1 aromatic heterocycles. The van der Waals surface area contributed by atoms with E-state index < -0.39 is 17.8 Å². The molecule has 8 heteroatoms. The number of halogens is 1. The quantitative estimate of drug-likeness (QED) is 0.136. The molecule has 1 fully saturated rings. The first-order valence-electron chi connectivity index (χ1n) is 14.1. The van der Waals surface area contributed by atoms with E-state index in [1.807, 2.05) is 91.0 Å². The van der Waals surface area contributed by atoms with Gasteiger partial charge in [-0.15, -0.1) is 0 Å². The summed E-state index contributed by atoms with van der Waals surface area (Å²) in [6.07, 6.45) is 1.59. The van der Waals surface area contributed by atoms with Crippen LogP contribution in [0.25, 0.3) is 34.3 Å². The molecular weight excluding hydrogens is 574 g/mol. The summed E-state index contributed by atoms with van der Waals surface area (Å²) < 4.78 is 7.27. The summed E-state index contributed by atoms with van der Waals surface area (Å²) in [5.74, 6) is -1.37. The highest BCUT2D eigenvalue weighted by molar-refractivity contribution is 6.39. The molecule has 218 valence electrons. The molecule has 0 bridgehead atoms. The van der Waals surface area contributed by atoms with Crippen LogP contribution in [0.4, 0.5) is 10.5 Å². The predicted octanol–water partition coefficient (Wildman–Crippen LogP) is 7.49. The Morgan fingerprint density at radius 2 is 1.30 bits per heavy atom. The molecule has 7 nitrogen and oxygen atoms in total. The number of barbiturate groups is 1. The van der Waals surface area contributed by atoms with Gasteiger partial charge in [0.1, 0.15) is 5.57 Å². The van der Waals surface area contributed by atoms with Crippen molar-refractivity contribution in [3.8, 4) is 28.2 Å². The molecule has 6 rings (SSSR count). The van der Waals surface area contributed by atoms with Gasteiger partial charge in [0.05, 0.1) is 30.2 Å². The van der Waals surface area contributed by atoms with Gasteiger partial charge < -0.3 is 9.30 Å². The Kier molecular flexibility index (Phi) is 8.23. The van der Waals surface area contributed by atoms with Gasteiger partial charge in [0.15, 0.2) is 0 Å². The number of methoxy groups -OCH3 is 1. The van der Waals surface area contributed by atoms with E-state index in [1.165, 1.54) is 7.11 Å². The molecular formula is C36H28ClN3O4. The first-order valence-corrected chi connectivity index (χ1v) is 14.4. The third-order valence-corrected chi connectivity index (χ3v) is 7.65. The lowest BCUT2D eigenvalue weighted by Gasteiger charge is -2.33. The molecule has 1 aliphatic heterocycles. The number of amides is 4. The number of ether oxygens (including phenoxy) is 1. The zero-order chi connectivity index (χ0) is 30.6. The highest BCUT2D eigenvalue weighted by Gasteiger charge is 2.43. The minimum absolute atomic E-state index is 0.00524. The molecule has 0 radical (unpaired) electrons. The maximum absolute atomic E-state index is 14.0. The fourth-order valence-electron chi connectivity index (χ4n) is 5.33. The van der Waals surface area contributed by atoms with E-state index in [4.69, 9.17) is 16.3 Å². The van der Waals surface area contributed by atoms with Crippen LogP contribution >= 0.6 is 11.6 Å². The summed E-state index contributed by atoms with van der Waals surface area (Å²) >= 11 is 6.27. The third-order valence-electron chi connectivity index (χ3n) is 7.40. The van der Waals surface area contributed by atoms with Crippen molar-refractivity contribution in [2.24, 2.45) is 0 Å². The molecule has 4 amide bonds. The first kappa shape index (κ1) is 28.9. The summed E-state index contributed by atoms with van der Waals surface area (Å²) in [5.41, 5.74) is 5.15. The van der Waals surface area contributed by atoms with E-state index in [1.54, 1.807) is 36.4 Å². The number of nitrogens with zero attached hydrogens (tertiary/aromatic N) is 3. The molecule has 2 heterocycles. The zero-order valence-corrected chi connectivity index (χ0v) is 24.6. The van der Waals surface area contributed by atoms with Crippen LogP contribution in [0.5, 0.6) is 0 Å². The molecule has 1 aliphatic rings. The summed E-state index contributed by atoms with van der Waals surface area (Å²) in [7, 11) is 1.49. The van der Waals surface area contributed by atoms with Gasteiger partial charge in [-0.25, -0.2) is 9.69 Å². The average Bonchev–Trinajstić information content (AvgIpc) is 3.44. The highest BCUT2D eigenvalue weighted by atomic mass is 35.5. The van der Waals surface area contributed by atoms with Gasteiger partial charge in [-0.3, -0.25) is 14.5 Å². The summed E-state index contributed by atoms with van der Waals surface area (Å²) in [6.45, 7) is 0.122. The van der Waals surface area contributed by atoms with Gasteiger partial charge >= 0.3 is 6.03 Å². The maximum atomic E-state index is 14.0. The van der Waals surface area contributed by atoms with Crippen molar-refractivity contribution in [2.75, 3.05) is 25.2 Å². The monoisotopic (exact) mass is 601 g/mol. The molecule has 0 spiro atoms. The predicted molar refractivity (Wildman–Crippen MR) is 173 cm³/mol. The Bertz CT molecular complexity index is 1850. The number of aromatic nitrogens is 1. The number of para-hydroxylation sites is 1. The second-order valence-corrected chi connectivity index (χ2v) is 10.6. The largest absolute Gasteiger partial charge is 0.383 e. The molecule has 5 aromatic rings. The lowest BCUT2D eigenvalue weighted by Crippen LogP contribution is -2.57. The van der Waals surface area contributed by atoms with Gasteiger partial charge in [0, 0.05) is 23.4 Å². The average molecular weight is 602 g/mol. The van der Waals surface area contributed by atoms with E-state index in [2.05, 4.69) is 4.57 Å². The second-order valence-electron chi connectivity index (χ2n) is 10.1. The second kappa shape index (κ2) is 12.6. The highest BCUT2D eigenvalue weighted by Crippen LogP contribution is 2.38. The summed E-state index contributed by atoms with van der Waals surface area (Å²) in [5, 5.41) is 0.603. The lowest BCUT2D eigenvalue weighted by molar-refractivity contribution is -0.129. The lowest BCUT2D eigenvalue weighted by atomic mass is 10.0. The van der Waals surface area contributed by atoms with E-state index in [-0.39, 0.29) is 18.7 Å². The normalized spacial score (nSPS) is 14.5. The zero-order valence-electron chi connectivity index (χ0n) is 23.9. The van der Waals surface area contributed by atoms with Crippen LogP contribution in [-0.2, 0) is 14.3 Å².